The van der Waals surface area contributed by atoms with Gasteiger partial charge in [0.2, 0.25) is 0 Å². The van der Waals surface area contributed by atoms with Gasteiger partial charge in [-0.05, 0) is 48.4 Å². The number of benzene rings is 2. The maximum atomic E-state index is 12.9. The maximum absolute atomic E-state index is 12.9. The number of carbonyl (C=O) groups excluding carboxylic acids is 1. The Morgan fingerprint density at radius 3 is 2.41 bits per heavy atom. The second-order valence-corrected chi connectivity index (χ2v) is 5.77. The van der Waals surface area contributed by atoms with Crippen LogP contribution in [0.1, 0.15) is 16.1 Å². The van der Waals surface area contributed by atoms with Gasteiger partial charge in [0.05, 0.1) is 19.5 Å². The van der Waals surface area contributed by atoms with Crippen molar-refractivity contribution in [3.8, 4) is 5.75 Å². The van der Waals surface area contributed by atoms with E-state index in [1.807, 2.05) is 24.3 Å². The lowest BCUT2D eigenvalue weighted by Crippen LogP contribution is -2.26. The Morgan fingerprint density at radius 2 is 1.78 bits per heavy atom. The number of carbonyl (C=O) groups is 1. The Kier molecular flexibility index (Phi) is 5.94. The van der Waals surface area contributed by atoms with Gasteiger partial charge in [0.15, 0.2) is 0 Å². The van der Waals surface area contributed by atoms with E-state index in [1.54, 1.807) is 19.2 Å². The topological polar surface area (TPSA) is 76.1 Å². The predicted octanol–water partition coefficient (Wildman–Crippen LogP) is 3.34. The lowest BCUT2D eigenvalue weighted by atomic mass is 10.1. The molecule has 1 aromatic heterocycles. The molecule has 0 bridgehead atoms. The van der Waals surface area contributed by atoms with Crippen molar-refractivity contribution in [3.05, 3.63) is 78.0 Å². The van der Waals surface area contributed by atoms with E-state index in [1.165, 1.54) is 24.5 Å². The molecule has 1 heterocycles. The molecular weight excluding hydrogens is 347 g/mol. The molecule has 0 atom stereocenters. The van der Waals surface area contributed by atoms with Crippen molar-refractivity contribution in [2.24, 2.45) is 0 Å². The normalized spacial score (nSPS) is 10.3. The highest BCUT2D eigenvalue weighted by Gasteiger charge is 2.08. The number of aromatic nitrogens is 2. The summed E-state index contributed by atoms with van der Waals surface area (Å²) in [6.45, 7) is 0.489. The first-order valence-electron chi connectivity index (χ1n) is 8.40. The van der Waals surface area contributed by atoms with E-state index in [-0.39, 0.29) is 17.4 Å². The molecule has 0 aliphatic heterocycles. The fraction of sp³-hybridized carbons (Fsp3) is 0.150. The minimum atomic E-state index is -0.312. The van der Waals surface area contributed by atoms with Crippen LogP contribution in [-0.2, 0) is 6.42 Å². The number of rotatable bonds is 7. The SMILES string of the molecule is COc1ccc(CCNC(=O)c2cnc(Nc3ccc(F)cc3)cn2)cc1. The third-order valence-electron chi connectivity index (χ3n) is 3.86. The smallest absolute Gasteiger partial charge is 0.271 e. The summed E-state index contributed by atoms with van der Waals surface area (Å²) in [5, 5.41) is 5.81. The number of halogens is 1. The maximum Gasteiger partial charge on any atom is 0.271 e. The molecule has 2 N–H and O–H groups in total. The monoisotopic (exact) mass is 366 g/mol. The number of ether oxygens (including phenoxy) is 1. The van der Waals surface area contributed by atoms with Crippen molar-refractivity contribution in [3.63, 3.8) is 0 Å². The zero-order valence-electron chi connectivity index (χ0n) is 14.8. The second kappa shape index (κ2) is 8.75. The molecule has 27 heavy (non-hydrogen) atoms. The lowest BCUT2D eigenvalue weighted by molar-refractivity contribution is 0.0949. The molecule has 0 aliphatic rings. The highest BCUT2D eigenvalue weighted by molar-refractivity contribution is 5.92. The van der Waals surface area contributed by atoms with Crippen LogP contribution in [0.5, 0.6) is 5.75 Å². The van der Waals surface area contributed by atoms with Gasteiger partial charge >= 0.3 is 0 Å². The minimum absolute atomic E-state index is 0.231. The van der Waals surface area contributed by atoms with Gasteiger partial charge in [-0.2, -0.15) is 0 Å². The van der Waals surface area contributed by atoms with E-state index in [9.17, 15) is 9.18 Å². The summed E-state index contributed by atoms with van der Waals surface area (Å²) in [5.41, 5.74) is 2.01. The number of methoxy groups -OCH3 is 1. The summed E-state index contributed by atoms with van der Waals surface area (Å²) in [5.74, 6) is 0.668. The van der Waals surface area contributed by atoms with Gasteiger partial charge in [0, 0.05) is 12.2 Å². The summed E-state index contributed by atoms with van der Waals surface area (Å²) < 4.78 is 18.0. The van der Waals surface area contributed by atoms with Crippen LogP contribution in [-0.4, -0.2) is 29.5 Å². The van der Waals surface area contributed by atoms with Crippen LogP contribution in [0.2, 0.25) is 0 Å². The Hall–Kier alpha value is -3.48. The first kappa shape index (κ1) is 18.3. The molecule has 0 saturated carbocycles. The highest BCUT2D eigenvalue weighted by Crippen LogP contribution is 2.14. The van der Waals surface area contributed by atoms with Gasteiger partial charge in [-0.15, -0.1) is 0 Å². The fourth-order valence-electron chi connectivity index (χ4n) is 2.39. The molecule has 0 aliphatic carbocycles. The van der Waals surface area contributed by atoms with Crippen molar-refractivity contribution in [1.29, 1.82) is 0 Å². The van der Waals surface area contributed by atoms with Crippen LogP contribution in [0.3, 0.4) is 0 Å². The van der Waals surface area contributed by atoms with Crippen molar-refractivity contribution in [2.45, 2.75) is 6.42 Å². The summed E-state index contributed by atoms with van der Waals surface area (Å²) in [4.78, 5) is 20.4. The van der Waals surface area contributed by atoms with Crippen molar-refractivity contribution in [1.82, 2.24) is 15.3 Å². The van der Waals surface area contributed by atoms with Crippen LogP contribution in [0, 0.1) is 5.82 Å². The largest absolute Gasteiger partial charge is 0.497 e. The van der Waals surface area contributed by atoms with Crippen LogP contribution in [0.25, 0.3) is 0 Å². The molecular formula is C20H19FN4O2. The number of amides is 1. The van der Waals surface area contributed by atoms with E-state index in [0.29, 0.717) is 24.5 Å². The molecule has 0 radical (unpaired) electrons. The Balaban J connectivity index is 1.50. The Morgan fingerprint density at radius 1 is 1.04 bits per heavy atom. The standard InChI is InChI=1S/C20H19FN4O2/c1-27-17-8-2-14(3-9-17)10-11-22-20(26)18-12-24-19(13-23-18)25-16-6-4-15(21)5-7-16/h2-9,12-13H,10-11H2,1H3,(H,22,26)(H,24,25). The Bertz CT molecular complexity index is 881. The molecule has 0 unspecified atom stereocenters. The van der Waals surface area contributed by atoms with Crippen LogP contribution in [0.4, 0.5) is 15.9 Å². The van der Waals surface area contributed by atoms with Gasteiger partial charge in [-0.3, -0.25) is 4.79 Å². The zero-order valence-corrected chi connectivity index (χ0v) is 14.8. The summed E-state index contributed by atoms with van der Waals surface area (Å²) in [7, 11) is 1.62. The van der Waals surface area contributed by atoms with Crippen LogP contribution in [0.15, 0.2) is 60.9 Å². The minimum Gasteiger partial charge on any atom is -0.497 e. The summed E-state index contributed by atoms with van der Waals surface area (Å²) >= 11 is 0. The van der Waals surface area contributed by atoms with Gasteiger partial charge in [-0.25, -0.2) is 14.4 Å². The van der Waals surface area contributed by atoms with E-state index < -0.39 is 0 Å². The van der Waals surface area contributed by atoms with Gasteiger partial charge in [-0.1, -0.05) is 12.1 Å². The van der Waals surface area contributed by atoms with Gasteiger partial charge in [0.25, 0.3) is 5.91 Å². The van der Waals surface area contributed by atoms with Crippen molar-refractivity contribution in [2.75, 3.05) is 19.0 Å². The Labute approximate surface area is 156 Å². The first-order valence-corrected chi connectivity index (χ1v) is 8.40. The zero-order chi connectivity index (χ0) is 19.1. The van der Waals surface area contributed by atoms with E-state index >= 15 is 0 Å². The van der Waals surface area contributed by atoms with E-state index in [2.05, 4.69) is 20.6 Å². The molecule has 0 saturated heterocycles. The number of hydrogen-bond acceptors (Lipinski definition) is 5. The molecule has 3 rings (SSSR count). The molecule has 6 nitrogen and oxygen atoms in total. The van der Waals surface area contributed by atoms with E-state index in [4.69, 9.17) is 4.74 Å². The average Bonchev–Trinajstić information content (AvgIpc) is 2.71. The van der Waals surface area contributed by atoms with Crippen molar-refractivity contribution >= 4 is 17.4 Å². The van der Waals surface area contributed by atoms with Crippen LogP contribution >= 0.6 is 0 Å². The highest BCUT2D eigenvalue weighted by atomic mass is 19.1. The summed E-state index contributed by atoms with van der Waals surface area (Å²) in [6.07, 6.45) is 3.56. The quantitative estimate of drug-likeness (QED) is 0.671. The molecule has 0 fully saturated rings. The number of hydrogen-bond donors (Lipinski definition) is 2. The number of nitrogens with one attached hydrogen (secondary N) is 2. The summed E-state index contributed by atoms with van der Waals surface area (Å²) in [6, 6.07) is 13.6. The molecule has 3 aromatic rings. The molecule has 0 spiro atoms. The predicted molar refractivity (Wildman–Crippen MR) is 101 cm³/mol. The van der Waals surface area contributed by atoms with Crippen molar-refractivity contribution < 1.29 is 13.9 Å². The third-order valence-corrected chi connectivity index (χ3v) is 3.86. The number of nitrogens with zero attached hydrogens (tertiary/aromatic N) is 2. The number of anilines is 2. The first-order chi connectivity index (χ1) is 13.1. The third kappa shape index (κ3) is 5.24. The second-order valence-electron chi connectivity index (χ2n) is 5.77. The molecule has 138 valence electrons. The average molecular weight is 366 g/mol. The lowest BCUT2D eigenvalue weighted by Gasteiger charge is -2.07. The van der Waals surface area contributed by atoms with Gasteiger partial charge in [0.1, 0.15) is 23.1 Å². The molecule has 2 aromatic carbocycles. The van der Waals surface area contributed by atoms with E-state index in [0.717, 1.165) is 11.3 Å². The fourth-order valence-corrected chi connectivity index (χ4v) is 2.39. The molecule has 1 amide bonds. The van der Waals surface area contributed by atoms with Crippen LogP contribution < -0.4 is 15.4 Å². The van der Waals surface area contributed by atoms with Gasteiger partial charge < -0.3 is 15.4 Å². The molecule has 7 heteroatoms.